The van der Waals surface area contributed by atoms with Crippen LogP contribution in [0.1, 0.15) is 24.4 Å². The number of carbonyl (C=O) groups is 1. The topological polar surface area (TPSA) is 56.1 Å². The van der Waals surface area contributed by atoms with Crippen LogP contribution in [0.2, 0.25) is 0 Å². The number of nitrogens with one attached hydrogen (secondary N) is 1. The second-order valence-corrected chi connectivity index (χ2v) is 7.16. The van der Waals surface area contributed by atoms with Crippen molar-refractivity contribution in [2.45, 2.75) is 17.9 Å². The zero-order valence-corrected chi connectivity index (χ0v) is 16.6. The molecule has 0 spiro atoms. The monoisotopic (exact) mass is 399 g/mol. The highest BCUT2D eigenvalue weighted by Gasteiger charge is 2.23. The minimum absolute atomic E-state index is 0.199. The van der Waals surface area contributed by atoms with Crippen molar-refractivity contribution in [3.63, 3.8) is 0 Å². The summed E-state index contributed by atoms with van der Waals surface area (Å²) in [6, 6.07) is 13.3. The van der Waals surface area contributed by atoms with Gasteiger partial charge in [-0.3, -0.25) is 4.79 Å². The van der Waals surface area contributed by atoms with E-state index in [1.807, 2.05) is 38.2 Å². The summed E-state index contributed by atoms with van der Waals surface area (Å²) in [5, 5.41) is 2.91. The van der Waals surface area contributed by atoms with E-state index < -0.39 is 6.04 Å². The molecule has 1 N–H and O–H groups in total. The predicted molar refractivity (Wildman–Crippen MR) is 108 cm³/mol. The highest BCUT2D eigenvalue weighted by molar-refractivity contribution is 8.00. The van der Waals surface area contributed by atoms with Crippen molar-refractivity contribution in [1.29, 1.82) is 0 Å². The Bertz CT molecular complexity index is 927. The van der Waals surface area contributed by atoms with Crippen LogP contribution in [0.4, 0.5) is 4.39 Å². The largest absolute Gasteiger partial charge is 0.494 e. The maximum Gasteiger partial charge on any atom is 0.231 e. The minimum atomic E-state index is -0.658. The lowest BCUT2D eigenvalue weighted by Crippen LogP contribution is -2.32. The van der Waals surface area contributed by atoms with Gasteiger partial charge in [-0.15, -0.1) is 11.8 Å². The number of nitrogens with zero attached hydrogens (tertiary/aromatic N) is 2. The number of carbonyl (C=O) groups excluding carboxylic acids is 1. The van der Waals surface area contributed by atoms with Crippen molar-refractivity contribution in [3.05, 3.63) is 78.1 Å². The summed E-state index contributed by atoms with van der Waals surface area (Å²) in [6.45, 7) is 2.54. The lowest BCUT2D eigenvalue weighted by atomic mass is 10.1. The number of hydrogen-bond donors (Lipinski definition) is 1. The van der Waals surface area contributed by atoms with E-state index in [0.717, 1.165) is 10.6 Å². The normalized spacial score (nSPS) is 11.8. The van der Waals surface area contributed by atoms with E-state index in [0.29, 0.717) is 18.0 Å². The van der Waals surface area contributed by atoms with Crippen LogP contribution < -0.4 is 10.1 Å². The molecule has 0 fully saturated rings. The quantitative estimate of drug-likeness (QED) is 0.583. The van der Waals surface area contributed by atoms with E-state index in [9.17, 15) is 9.18 Å². The van der Waals surface area contributed by atoms with E-state index in [4.69, 9.17) is 4.74 Å². The Morgan fingerprint density at radius 3 is 2.64 bits per heavy atom. The first-order valence-electron chi connectivity index (χ1n) is 8.95. The lowest BCUT2D eigenvalue weighted by molar-refractivity contribution is -0.119. The van der Waals surface area contributed by atoms with Gasteiger partial charge in [0.15, 0.2) is 0 Å². The zero-order chi connectivity index (χ0) is 19.9. The fourth-order valence-electron chi connectivity index (χ4n) is 2.80. The number of amides is 1. The van der Waals surface area contributed by atoms with Crippen molar-refractivity contribution in [3.8, 4) is 5.75 Å². The minimum Gasteiger partial charge on any atom is -0.494 e. The molecule has 0 aliphatic heterocycles. The number of aryl methyl sites for hydroxylation is 1. The molecule has 5 nitrogen and oxygen atoms in total. The number of imidazole rings is 1. The summed E-state index contributed by atoms with van der Waals surface area (Å²) in [5.41, 5.74) is 0.385. The number of rotatable bonds is 8. The molecule has 1 aromatic heterocycles. The Morgan fingerprint density at radius 2 is 2.00 bits per heavy atom. The summed E-state index contributed by atoms with van der Waals surface area (Å²) < 4.78 is 21.6. The van der Waals surface area contributed by atoms with E-state index >= 15 is 0 Å². The van der Waals surface area contributed by atoms with Crippen LogP contribution in [0.25, 0.3) is 0 Å². The first-order valence-corrected chi connectivity index (χ1v) is 9.93. The maximum atomic E-state index is 14.4. The van der Waals surface area contributed by atoms with Gasteiger partial charge in [-0.05, 0) is 37.3 Å². The third-order valence-corrected chi connectivity index (χ3v) is 5.15. The van der Waals surface area contributed by atoms with E-state index in [-0.39, 0.29) is 17.5 Å². The molecule has 0 aliphatic rings. The molecule has 0 saturated carbocycles. The Kier molecular flexibility index (Phi) is 6.71. The molecule has 28 heavy (non-hydrogen) atoms. The Labute approximate surface area is 167 Å². The van der Waals surface area contributed by atoms with Gasteiger partial charge in [0.2, 0.25) is 5.91 Å². The molecule has 3 aromatic rings. The molecule has 1 unspecified atom stereocenters. The standard InChI is InChI=1S/C21H22FN3O2S/c1-3-27-15-8-10-16(11-9-15)28-14-19(26)24-20(21-23-12-13-25(21)2)17-6-4-5-7-18(17)22/h4-13,20H,3,14H2,1-2H3,(H,24,26). The number of aromatic nitrogens is 2. The number of halogens is 1. The zero-order valence-electron chi connectivity index (χ0n) is 15.8. The summed E-state index contributed by atoms with van der Waals surface area (Å²) in [5.74, 6) is 1.00. The molecule has 1 heterocycles. The van der Waals surface area contributed by atoms with Gasteiger partial charge in [-0.25, -0.2) is 9.37 Å². The highest BCUT2D eigenvalue weighted by Crippen LogP contribution is 2.25. The Morgan fingerprint density at radius 1 is 1.25 bits per heavy atom. The van der Waals surface area contributed by atoms with Crippen LogP contribution >= 0.6 is 11.8 Å². The van der Waals surface area contributed by atoms with Crippen LogP contribution in [0, 0.1) is 5.82 Å². The van der Waals surface area contributed by atoms with Crippen LogP contribution in [-0.2, 0) is 11.8 Å². The maximum absolute atomic E-state index is 14.4. The second-order valence-electron chi connectivity index (χ2n) is 6.11. The number of thioether (sulfide) groups is 1. The van der Waals surface area contributed by atoms with Gasteiger partial charge in [0.25, 0.3) is 0 Å². The molecule has 1 atom stereocenters. The second kappa shape index (κ2) is 9.41. The molecule has 0 bridgehead atoms. The van der Waals surface area contributed by atoms with Gasteiger partial charge in [0.05, 0.1) is 12.4 Å². The van der Waals surface area contributed by atoms with Crippen molar-refractivity contribution in [2.24, 2.45) is 7.05 Å². The van der Waals surface area contributed by atoms with E-state index in [2.05, 4.69) is 10.3 Å². The number of hydrogen-bond acceptors (Lipinski definition) is 4. The van der Waals surface area contributed by atoms with Gasteiger partial charge in [0, 0.05) is 29.9 Å². The molecule has 146 valence electrons. The summed E-state index contributed by atoms with van der Waals surface area (Å²) in [4.78, 5) is 17.8. The highest BCUT2D eigenvalue weighted by atomic mass is 32.2. The molecular formula is C21H22FN3O2S. The average Bonchev–Trinajstić information content (AvgIpc) is 3.12. The molecule has 7 heteroatoms. The fourth-order valence-corrected chi connectivity index (χ4v) is 3.51. The van der Waals surface area contributed by atoms with Crippen molar-refractivity contribution in [1.82, 2.24) is 14.9 Å². The Hall–Kier alpha value is -2.80. The third kappa shape index (κ3) is 4.92. The summed E-state index contributed by atoms with van der Waals surface area (Å²) in [6.07, 6.45) is 3.40. The fraction of sp³-hybridized carbons (Fsp3) is 0.238. The van der Waals surface area contributed by atoms with Crippen molar-refractivity contribution >= 4 is 17.7 Å². The van der Waals surface area contributed by atoms with Crippen LogP contribution in [0.3, 0.4) is 0 Å². The molecule has 0 aliphatic carbocycles. The third-order valence-electron chi connectivity index (χ3n) is 4.14. The molecule has 0 saturated heterocycles. The molecule has 1 amide bonds. The van der Waals surface area contributed by atoms with Gasteiger partial charge in [-0.2, -0.15) is 0 Å². The first-order chi connectivity index (χ1) is 13.6. The first kappa shape index (κ1) is 19.9. The van der Waals surface area contributed by atoms with E-state index in [1.54, 1.807) is 35.2 Å². The van der Waals surface area contributed by atoms with Gasteiger partial charge in [0.1, 0.15) is 23.4 Å². The molecule has 2 aromatic carbocycles. The smallest absolute Gasteiger partial charge is 0.231 e. The number of ether oxygens (including phenoxy) is 1. The predicted octanol–water partition coefficient (Wildman–Crippen LogP) is 3.96. The van der Waals surface area contributed by atoms with Crippen molar-refractivity contribution in [2.75, 3.05) is 12.4 Å². The van der Waals surface area contributed by atoms with E-state index in [1.165, 1.54) is 17.8 Å². The van der Waals surface area contributed by atoms with Crippen LogP contribution in [0.15, 0.2) is 65.8 Å². The van der Waals surface area contributed by atoms with Crippen LogP contribution in [-0.4, -0.2) is 27.8 Å². The molecule has 3 rings (SSSR count). The number of benzene rings is 2. The molecule has 0 radical (unpaired) electrons. The Balaban J connectivity index is 1.69. The summed E-state index contributed by atoms with van der Waals surface area (Å²) >= 11 is 1.41. The SMILES string of the molecule is CCOc1ccc(SCC(=O)NC(c2ccccc2F)c2nccn2C)cc1. The van der Waals surface area contributed by atoms with Gasteiger partial charge < -0.3 is 14.6 Å². The van der Waals surface area contributed by atoms with Gasteiger partial charge >= 0.3 is 0 Å². The van der Waals surface area contributed by atoms with Gasteiger partial charge in [-0.1, -0.05) is 18.2 Å². The molecular weight excluding hydrogens is 377 g/mol. The van der Waals surface area contributed by atoms with Crippen LogP contribution in [0.5, 0.6) is 5.75 Å². The lowest BCUT2D eigenvalue weighted by Gasteiger charge is -2.19. The van der Waals surface area contributed by atoms with Crippen molar-refractivity contribution < 1.29 is 13.9 Å². The average molecular weight is 399 g/mol. The summed E-state index contributed by atoms with van der Waals surface area (Å²) in [7, 11) is 1.82.